The summed E-state index contributed by atoms with van der Waals surface area (Å²) < 4.78 is 5.54. The van der Waals surface area contributed by atoms with Crippen LogP contribution in [0.2, 0.25) is 0 Å². The summed E-state index contributed by atoms with van der Waals surface area (Å²) in [4.78, 5) is 16.3. The standard InChI is InChI=1S/C12H23N3O2S/c1-9-8-17-10(2)6-15(9)7-12(16)14(3)5-4-11(13)18/h9-10H,4-8H2,1-3H3,(H2,13,18). The second-order valence-electron chi connectivity index (χ2n) is 4.95. The maximum absolute atomic E-state index is 12.0. The van der Waals surface area contributed by atoms with Gasteiger partial charge in [-0.2, -0.15) is 0 Å². The first kappa shape index (κ1) is 15.3. The van der Waals surface area contributed by atoms with Crippen LogP contribution in [0.1, 0.15) is 20.3 Å². The van der Waals surface area contributed by atoms with Gasteiger partial charge in [0.05, 0.1) is 24.2 Å². The monoisotopic (exact) mass is 273 g/mol. The first-order chi connectivity index (χ1) is 8.40. The van der Waals surface area contributed by atoms with Gasteiger partial charge in [-0.25, -0.2) is 0 Å². The van der Waals surface area contributed by atoms with Gasteiger partial charge >= 0.3 is 0 Å². The van der Waals surface area contributed by atoms with Crippen LogP contribution in [0.25, 0.3) is 0 Å². The second kappa shape index (κ2) is 7.01. The molecule has 0 aromatic rings. The van der Waals surface area contributed by atoms with Gasteiger partial charge < -0.3 is 15.4 Å². The third kappa shape index (κ3) is 4.88. The van der Waals surface area contributed by atoms with Gasteiger partial charge in [0.25, 0.3) is 0 Å². The summed E-state index contributed by atoms with van der Waals surface area (Å²) in [5, 5.41) is 0. The van der Waals surface area contributed by atoms with Crippen LogP contribution >= 0.6 is 12.2 Å². The molecule has 0 saturated carbocycles. The molecule has 1 aliphatic heterocycles. The molecule has 0 aromatic carbocycles. The van der Waals surface area contributed by atoms with Gasteiger partial charge in [-0.15, -0.1) is 0 Å². The van der Waals surface area contributed by atoms with Crippen LogP contribution in [-0.2, 0) is 9.53 Å². The van der Waals surface area contributed by atoms with Crippen molar-refractivity contribution in [3.05, 3.63) is 0 Å². The van der Waals surface area contributed by atoms with Crippen molar-refractivity contribution in [1.82, 2.24) is 9.80 Å². The largest absolute Gasteiger partial charge is 0.393 e. The van der Waals surface area contributed by atoms with Gasteiger partial charge in [0.2, 0.25) is 5.91 Å². The van der Waals surface area contributed by atoms with Crippen LogP contribution in [0.5, 0.6) is 0 Å². The van der Waals surface area contributed by atoms with E-state index in [1.807, 2.05) is 6.92 Å². The average molecular weight is 273 g/mol. The van der Waals surface area contributed by atoms with E-state index in [1.165, 1.54) is 0 Å². The molecule has 2 unspecified atom stereocenters. The molecule has 18 heavy (non-hydrogen) atoms. The number of carbonyl (C=O) groups is 1. The van der Waals surface area contributed by atoms with E-state index in [9.17, 15) is 4.79 Å². The Morgan fingerprint density at radius 3 is 2.83 bits per heavy atom. The van der Waals surface area contributed by atoms with Gasteiger partial charge in [0.1, 0.15) is 0 Å². The Morgan fingerprint density at radius 1 is 1.56 bits per heavy atom. The minimum absolute atomic E-state index is 0.104. The molecule has 6 heteroatoms. The number of nitrogens with zero attached hydrogens (tertiary/aromatic N) is 2. The number of hydrogen-bond donors (Lipinski definition) is 1. The lowest BCUT2D eigenvalue weighted by molar-refractivity contribution is -0.134. The molecular weight excluding hydrogens is 250 g/mol. The number of thiocarbonyl (C=S) groups is 1. The van der Waals surface area contributed by atoms with Crippen molar-refractivity contribution in [3.8, 4) is 0 Å². The van der Waals surface area contributed by atoms with Crippen molar-refractivity contribution in [2.75, 3.05) is 33.3 Å². The molecule has 1 aliphatic rings. The number of morpholine rings is 1. The SMILES string of the molecule is CC1CN(CC(=O)N(C)CCC(N)=S)C(C)CO1. The molecule has 1 fully saturated rings. The summed E-state index contributed by atoms with van der Waals surface area (Å²) in [5.41, 5.74) is 5.43. The van der Waals surface area contributed by atoms with Gasteiger partial charge in [0.15, 0.2) is 0 Å². The predicted molar refractivity (Wildman–Crippen MR) is 75.5 cm³/mol. The smallest absolute Gasteiger partial charge is 0.236 e. The first-order valence-electron chi connectivity index (χ1n) is 6.28. The fourth-order valence-corrected chi connectivity index (χ4v) is 1.98. The second-order valence-corrected chi connectivity index (χ2v) is 5.48. The zero-order valence-corrected chi connectivity index (χ0v) is 12.2. The highest BCUT2D eigenvalue weighted by Gasteiger charge is 2.25. The number of amides is 1. The predicted octanol–water partition coefficient (Wildman–Crippen LogP) is 0.230. The van der Waals surface area contributed by atoms with E-state index in [4.69, 9.17) is 22.7 Å². The molecule has 1 saturated heterocycles. The van der Waals surface area contributed by atoms with Crippen molar-refractivity contribution in [1.29, 1.82) is 0 Å². The van der Waals surface area contributed by atoms with E-state index in [2.05, 4.69) is 11.8 Å². The zero-order valence-electron chi connectivity index (χ0n) is 11.4. The highest BCUT2D eigenvalue weighted by Crippen LogP contribution is 2.11. The van der Waals surface area contributed by atoms with E-state index < -0.39 is 0 Å². The molecule has 1 amide bonds. The Balaban J connectivity index is 2.40. The van der Waals surface area contributed by atoms with Crippen molar-refractivity contribution in [2.24, 2.45) is 5.73 Å². The summed E-state index contributed by atoms with van der Waals surface area (Å²) >= 11 is 4.81. The Labute approximate surface area is 114 Å². The topological polar surface area (TPSA) is 58.8 Å². The number of likely N-dealkylation sites (N-methyl/N-ethyl adjacent to an activating group) is 1. The molecule has 0 radical (unpaired) electrons. The minimum atomic E-state index is 0.104. The number of carbonyl (C=O) groups excluding carboxylic acids is 1. The summed E-state index contributed by atoms with van der Waals surface area (Å²) in [6.45, 7) is 6.61. The molecule has 0 aromatic heterocycles. The lowest BCUT2D eigenvalue weighted by Crippen LogP contribution is -2.51. The molecule has 0 aliphatic carbocycles. The molecule has 104 valence electrons. The fraction of sp³-hybridized carbons (Fsp3) is 0.833. The summed E-state index contributed by atoms with van der Waals surface area (Å²) in [6.07, 6.45) is 0.767. The van der Waals surface area contributed by atoms with E-state index in [0.29, 0.717) is 31.1 Å². The van der Waals surface area contributed by atoms with Crippen molar-refractivity contribution in [2.45, 2.75) is 32.4 Å². The average Bonchev–Trinajstić information content (AvgIpc) is 2.30. The fourth-order valence-electron chi connectivity index (χ4n) is 1.89. The lowest BCUT2D eigenvalue weighted by Gasteiger charge is -2.37. The highest BCUT2D eigenvalue weighted by molar-refractivity contribution is 7.80. The summed E-state index contributed by atoms with van der Waals surface area (Å²) in [5.74, 6) is 0.104. The quantitative estimate of drug-likeness (QED) is 0.727. The molecule has 0 bridgehead atoms. The summed E-state index contributed by atoms with van der Waals surface area (Å²) in [6, 6.07) is 0.286. The van der Waals surface area contributed by atoms with Crippen molar-refractivity contribution < 1.29 is 9.53 Å². The van der Waals surface area contributed by atoms with Crippen LogP contribution in [0, 0.1) is 0 Å². The minimum Gasteiger partial charge on any atom is -0.393 e. The number of ether oxygens (including phenoxy) is 1. The Morgan fingerprint density at radius 2 is 2.22 bits per heavy atom. The van der Waals surface area contributed by atoms with Crippen molar-refractivity contribution in [3.63, 3.8) is 0 Å². The van der Waals surface area contributed by atoms with Gasteiger partial charge in [-0.05, 0) is 13.8 Å². The van der Waals surface area contributed by atoms with E-state index in [1.54, 1.807) is 11.9 Å². The third-order valence-electron chi connectivity index (χ3n) is 3.19. The van der Waals surface area contributed by atoms with E-state index in [-0.39, 0.29) is 18.1 Å². The molecule has 1 heterocycles. The molecule has 2 atom stereocenters. The third-order valence-corrected chi connectivity index (χ3v) is 3.40. The molecule has 1 rings (SSSR count). The number of rotatable bonds is 5. The van der Waals surface area contributed by atoms with Crippen molar-refractivity contribution >= 4 is 23.1 Å². The van der Waals surface area contributed by atoms with Crippen LogP contribution in [-0.4, -0.2) is 66.1 Å². The molecule has 0 spiro atoms. The van der Waals surface area contributed by atoms with Gasteiger partial charge in [-0.1, -0.05) is 12.2 Å². The van der Waals surface area contributed by atoms with E-state index >= 15 is 0 Å². The molecule has 2 N–H and O–H groups in total. The number of nitrogens with two attached hydrogens (primary N) is 1. The maximum Gasteiger partial charge on any atom is 0.236 e. The number of hydrogen-bond acceptors (Lipinski definition) is 4. The highest BCUT2D eigenvalue weighted by atomic mass is 32.1. The van der Waals surface area contributed by atoms with Crippen LogP contribution in [0.3, 0.4) is 0 Å². The first-order valence-corrected chi connectivity index (χ1v) is 6.69. The lowest BCUT2D eigenvalue weighted by atomic mass is 10.2. The van der Waals surface area contributed by atoms with E-state index in [0.717, 1.165) is 6.54 Å². The zero-order chi connectivity index (χ0) is 13.7. The Bertz CT molecular complexity index is 312. The molecule has 5 nitrogen and oxygen atoms in total. The Hall–Kier alpha value is -0.720. The maximum atomic E-state index is 12.0. The molecular formula is C12H23N3O2S. The summed E-state index contributed by atoms with van der Waals surface area (Å²) in [7, 11) is 1.79. The van der Waals surface area contributed by atoms with Gasteiger partial charge in [-0.3, -0.25) is 9.69 Å². The van der Waals surface area contributed by atoms with Crippen LogP contribution < -0.4 is 5.73 Å². The normalized spacial score (nSPS) is 24.8. The Kier molecular flexibility index (Phi) is 5.98. The van der Waals surface area contributed by atoms with Gasteiger partial charge in [0, 0.05) is 32.6 Å². The van der Waals surface area contributed by atoms with Crippen LogP contribution in [0.15, 0.2) is 0 Å². The van der Waals surface area contributed by atoms with Crippen LogP contribution in [0.4, 0.5) is 0 Å².